The number of carbonyl (C=O) groups is 4. The van der Waals surface area contributed by atoms with Crippen LogP contribution in [0.4, 0.5) is 0 Å². The summed E-state index contributed by atoms with van der Waals surface area (Å²) in [6.07, 6.45) is -12.7. The van der Waals surface area contributed by atoms with Crippen molar-refractivity contribution in [3.8, 4) is 0 Å². The smallest absolute Gasteiger partial charge is 0.303 e. The summed E-state index contributed by atoms with van der Waals surface area (Å²) in [7, 11) is 0. The molecule has 0 aromatic heterocycles. The van der Waals surface area contributed by atoms with Crippen LogP contribution in [0.5, 0.6) is 0 Å². The van der Waals surface area contributed by atoms with E-state index in [1.807, 2.05) is 127 Å². The highest BCUT2D eigenvalue weighted by Gasteiger charge is 2.54. The lowest BCUT2D eigenvalue weighted by Crippen LogP contribution is -2.65. The SMILES string of the molecule is CC(=O)O[C@@H]1[C@H](OC(C)=O)[C@@H](ONC(=O)C(Cl)(Cl)Cl)O[C@H](CO[C@H]2O[C@H](COCc3ccccc3)[C@@H](OCc3ccccc3)[C@H](OCc3ccccc3)[C@@H]2OC(C)=O)[C@H]1OCc1ccccc1. The number of amides is 1. The highest BCUT2D eigenvalue weighted by Crippen LogP contribution is 2.35. The van der Waals surface area contributed by atoms with Gasteiger partial charge in [-0.15, -0.1) is 0 Å². The Hall–Kier alpha value is -4.69. The van der Waals surface area contributed by atoms with Crippen molar-refractivity contribution in [1.29, 1.82) is 0 Å². The zero-order chi connectivity index (χ0) is 47.8. The van der Waals surface area contributed by atoms with Gasteiger partial charge in [-0.2, -0.15) is 0 Å². The molecule has 2 heterocycles. The third-order valence-electron chi connectivity index (χ3n) is 10.3. The van der Waals surface area contributed by atoms with Crippen LogP contribution < -0.4 is 5.48 Å². The number of alkyl halides is 3. The highest BCUT2D eigenvalue weighted by molar-refractivity contribution is 6.76. The van der Waals surface area contributed by atoms with Gasteiger partial charge < -0.3 is 47.4 Å². The molecule has 19 heteroatoms. The first-order valence-corrected chi connectivity index (χ1v) is 22.4. The van der Waals surface area contributed by atoms with Gasteiger partial charge in [0, 0.05) is 20.8 Å². The van der Waals surface area contributed by atoms with E-state index in [4.69, 9.17) is 87.0 Å². The molecule has 0 saturated carbocycles. The van der Waals surface area contributed by atoms with Crippen LogP contribution in [0.15, 0.2) is 121 Å². The van der Waals surface area contributed by atoms with Crippen LogP contribution in [0, 0.1) is 0 Å². The van der Waals surface area contributed by atoms with E-state index in [0.29, 0.717) is 0 Å². The molecule has 67 heavy (non-hydrogen) atoms. The zero-order valence-electron chi connectivity index (χ0n) is 36.8. The summed E-state index contributed by atoms with van der Waals surface area (Å²) in [5.41, 5.74) is 5.32. The molecule has 2 saturated heterocycles. The molecule has 0 radical (unpaired) electrons. The summed E-state index contributed by atoms with van der Waals surface area (Å²) >= 11 is 17.4. The number of benzene rings is 4. The molecule has 1 amide bonds. The second-order valence-corrected chi connectivity index (χ2v) is 17.8. The molecule has 360 valence electrons. The number of nitrogens with one attached hydrogen (secondary N) is 1. The van der Waals surface area contributed by atoms with Crippen molar-refractivity contribution in [3.05, 3.63) is 144 Å². The van der Waals surface area contributed by atoms with Gasteiger partial charge in [0.05, 0.1) is 39.6 Å². The third kappa shape index (κ3) is 15.9. The average molecular weight is 989 g/mol. The van der Waals surface area contributed by atoms with Crippen molar-refractivity contribution < 1.29 is 71.4 Å². The highest BCUT2D eigenvalue weighted by atomic mass is 35.6. The van der Waals surface area contributed by atoms with E-state index < -0.39 is 95.6 Å². The Balaban J connectivity index is 1.35. The zero-order valence-corrected chi connectivity index (χ0v) is 39.1. The number of carbonyl (C=O) groups excluding carboxylic acids is 4. The minimum absolute atomic E-state index is 0.0215. The normalized spacial score (nSPS) is 25.1. The summed E-state index contributed by atoms with van der Waals surface area (Å²) in [5.74, 6) is -3.50. The van der Waals surface area contributed by atoms with Gasteiger partial charge in [0.25, 0.3) is 9.70 Å². The molecule has 4 aromatic rings. The quantitative estimate of drug-likeness (QED) is 0.0406. The van der Waals surface area contributed by atoms with Crippen molar-refractivity contribution in [2.45, 2.75) is 112 Å². The van der Waals surface area contributed by atoms with Gasteiger partial charge in [0.15, 0.2) is 24.6 Å². The molecule has 0 spiro atoms. The van der Waals surface area contributed by atoms with Crippen LogP contribution >= 0.6 is 34.8 Å². The summed E-state index contributed by atoms with van der Waals surface area (Å²) in [6.45, 7) is 3.43. The maximum Gasteiger partial charge on any atom is 0.303 e. The minimum Gasteiger partial charge on any atom is -0.455 e. The van der Waals surface area contributed by atoms with Crippen molar-refractivity contribution in [2.75, 3.05) is 13.2 Å². The number of rotatable bonds is 21. The van der Waals surface area contributed by atoms with Crippen LogP contribution in [0.2, 0.25) is 0 Å². The molecular weight excluding hydrogens is 937 g/mol. The standard InChI is InChI=1S/C48H52Cl3NO15/c1-30(53)62-42-40(59-26-35-20-12-6-13-21-35)38(66-46(44(42)64-32(3)55)67-52-47(56)48(49,50)51)29-61-45-43(63-31(2)54)41(60-27-36-22-14-7-15-23-36)39(58-25-34-18-10-5-11-19-34)37(65-45)28-57-24-33-16-8-4-9-17-33/h4-23,37-46H,24-29H2,1-3H3,(H,52,56)/t37-,38-,39-,40-,41+,42+,43+,44+,45+,46-/m1/s1. The van der Waals surface area contributed by atoms with Crippen LogP contribution in [0.3, 0.4) is 0 Å². The minimum atomic E-state index is -2.47. The van der Waals surface area contributed by atoms with Crippen molar-refractivity contribution in [3.63, 3.8) is 0 Å². The van der Waals surface area contributed by atoms with Crippen LogP contribution in [-0.4, -0.2) is 102 Å². The van der Waals surface area contributed by atoms with Crippen molar-refractivity contribution >= 4 is 58.6 Å². The van der Waals surface area contributed by atoms with Gasteiger partial charge >= 0.3 is 17.9 Å². The average Bonchev–Trinajstić information content (AvgIpc) is 3.30. The first-order chi connectivity index (χ1) is 32.2. The third-order valence-corrected chi connectivity index (χ3v) is 10.8. The van der Waals surface area contributed by atoms with Gasteiger partial charge in [0.2, 0.25) is 6.29 Å². The fraction of sp³-hybridized carbons (Fsp3) is 0.417. The number of halogens is 3. The number of hydrogen-bond donors (Lipinski definition) is 1. The molecule has 0 unspecified atom stereocenters. The van der Waals surface area contributed by atoms with Crippen LogP contribution in [0.25, 0.3) is 0 Å². The molecule has 16 nitrogen and oxygen atoms in total. The van der Waals surface area contributed by atoms with Gasteiger partial charge in [-0.3, -0.25) is 19.2 Å². The number of ether oxygens (including phenoxy) is 10. The van der Waals surface area contributed by atoms with Gasteiger partial charge in [-0.05, 0) is 22.3 Å². The van der Waals surface area contributed by atoms with Gasteiger partial charge in [-0.25, -0.2) is 10.3 Å². The number of hydrogen-bond acceptors (Lipinski definition) is 15. The lowest BCUT2D eigenvalue weighted by Gasteiger charge is -2.47. The predicted molar refractivity (Wildman–Crippen MR) is 241 cm³/mol. The summed E-state index contributed by atoms with van der Waals surface area (Å²) in [5, 5.41) is 0. The van der Waals surface area contributed by atoms with E-state index in [0.717, 1.165) is 36.1 Å². The van der Waals surface area contributed by atoms with Gasteiger partial charge in [0.1, 0.15) is 30.5 Å². The van der Waals surface area contributed by atoms with E-state index in [2.05, 4.69) is 0 Å². The maximum absolute atomic E-state index is 13.0. The van der Waals surface area contributed by atoms with E-state index in [1.54, 1.807) is 0 Å². The molecule has 6 rings (SSSR count). The number of hydroxylamine groups is 1. The van der Waals surface area contributed by atoms with Crippen LogP contribution in [-0.2, 0) is 97.8 Å². The molecule has 2 aliphatic heterocycles. The molecule has 1 N–H and O–H groups in total. The Kier molecular flexibility index (Phi) is 19.8. The lowest BCUT2D eigenvalue weighted by atomic mass is 9.97. The summed E-state index contributed by atoms with van der Waals surface area (Å²) in [4.78, 5) is 56.5. The van der Waals surface area contributed by atoms with Crippen molar-refractivity contribution in [2.24, 2.45) is 0 Å². The Morgan fingerprint density at radius 3 is 1.30 bits per heavy atom. The Morgan fingerprint density at radius 1 is 0.478 bits per heavy atom. The van der Waals surface area contributed by atoms with E-state index >= 15 is 0 Å². The monoisotopic (exact) mass is 987 g/mol. The molecular formula is C48H52Cl3NO15. The van der Waals surface area contributed by atoms with Gasteiger partial charge in [-0.1, -0.05) is 156 Å². The van der Waals surface area contributed by atoms with E-state index in [-0.39, 0.29) is 33.0 Å². The second kappa shape index (κ2) is 25.6. The first-order valence-electron chi connectivity index (χ1n) is 21.3. The van der Waals surface area contributed by atoms with E-state index in [9.17, 15) is 19.2 Å². The molecule has 0 aliphatic carbocycles. The molecule has 2 fully saturated rings. The molecule has 10 atom stereocenters. The topological polar surface area (TPSA) is 182 Å². The maximum atomic E-state index is 13.0. The first kappa shape index (κ1) is 51.7. The second-order valence-electron chi connectivity index (χ2n) is 15.5. The largest absolute Gasteiger partial charge is 0.455 e. The Morgan fingerprint density at radius 2 is 0.851 bits per heavy atom. The fourth-order valence-electron chi connectivity index (χ4n) is 7.33. The summed E-state index contributed by atoms with van der Waals surface area (Å²) < 4.78 is 60.4. The lowest BCUT2D eigenvalue weighted by molar-refractivity contribution is -0.347. The molecule has 0 bridgehead atoms. The summed E-state index contributed by atoms with van der Waals surface area (Å²) in [6, 6.07) is 37.5. The Bertz CT molecular complexity index is 2160. The number of esters is 3. The predicted octanol–water partition coefficient (Wildman–Crippen LogP) is 6.64. The Labute approximate surface area is 403 Å². The van der Waals surface area contributed by atoms with E-state index in [1.165, 1.54) is 6.92 Å². The van der Waals surface area contributed by atoms with Crippen LogP contribution in [0.1, 0.15) is 43.0 Å². The fourth-order valence-corrected chi connectivity index (χ4v) is 7.45. The molecule has 4 aromatic carbocycles. The molecule has 2 aliphatic rings. The van der Waals surface area contributed by atoms with Crippen molar-refractivity contribution in [1.82, 2.24) is 5.48 Å².